The minimum Gasteiger partial charge on any atom is -0.332 e. The van der Waals surface area contributed by atoms with Crippen molar-refractivity contribution in [3.05, 3.63) is 74.6 Å². The lowest BCUT2D eigenvalue weighted by Gasteiger charge is -2.10. The highest BCUT2D eigenvalue weighted by Crippen LogP contribution is 2.26. The first-order chi connectivity index (χ1) is 12.8. The van der Waals surface area contributed by atoms with Crippen LogP contribution in [0.4, 0.5) is 15.9 Å². The van der Waals surface area contributed by atoms with Gasteiger partial charge in [-0.15, -0.1) is 0 Å². The number of hydrogen-bond acceptors (Lipinski definition) is 2. The molecule has 0 bridgehead atoms. The lowest BCUT2D eigenvalue weighted by atomic mass is 10.2. The van der Waals surface area contributed by atoms with Crippen molar-refractivity contribution in [3.8, 4) is 0 Å². The second kappa shape index (κ2) is 8.44. The van der Waals surface area contributed by atoms with Gasteiger partial charge >= 0.3 is 0 Å². The molecule has 9 heteroatoms. The molecule has 0 saturated heterocycles. The summed E-state index contributed by atoms with van der Waals surface area (Å²) < 4.78 is 15.0. The highest BCUT2D eigenvalue weighted by atomic mass is 35.5. The van der Waals surface area contributed by atoms with Crippen LogP contribution in [0.2, 0.25) is 15.1 Å². The van der Waals surface area contributed by atoms with Gasteiger partial charge in [-0.3, -0.25) is 4.68 Å². The van der Waals surface area contributed by atoms with Crippen molar-refractivity contribution < 1.29 is 4.39 Å². The van der Waals surface area contributed by atoms with Crippen LogP contribution in [0.5, 0.6) is 0 Å². The third kappa shape index (κ3) is 4.90. The predicted molar refractivity (Wildman–Crippen MR) is 114 cm³/mol. The van der Waals surface area contributed by atoms with Crippen molar-refractivity contribution >= 4 is 63.6 Å². The first-order valence-electron chi connectivity index (χ1n) is 7.84. The van der Waals surface area contributed by atoms with Crippen LogP contribution in [0.25, 0.3) is 0 Å². The topological polar surface area (TPSA) is 41.9 Å². The van der Waals surface area contributed by atoms with Crippen LogP contribution < -0.4 is 10.6 Å². The smallest absolute Gasteiger partial charge is 0.176 e. The maximum absolute atomic E-state index is 13.2. The Morgan fingerprint density at radius 3 is 2.44 bits per heavy atom. The van der Waals surface area contributed by atoms with Gasteiger partial charge in [0, 0.05) is 33.1 Å². The molecular weight excluding hydrogens is 430 g/mol. The molecule has 0 aliphatic carbocycles. The van der Waals surface area contributed by atoms with Gasteiger partial charge in [0.1, 0.15) is 5.82 Å². The third-order valence-corrected chi connectivity index (χ3v) is 4.97. The first kappa shape index (κ1) is 19.9. The number of aryl methyl sites for hydroxylation is 1. The fourth-order valence-electron chi connectivity index (χ4n) is 2.42. The Bertz CT molecular complexity index is 986. The van der Waals surface area contributed by atoms with Crippen molar-refractivity contribution in [2.24, 2.45) is 0 Å². The highest BCUT2D eigenvalue weighted by Gasteiger charge is 2.11. The number of nitrogens with one attached hydrogen (secondary N) is 2. The maximum atomic E-state index is 13.2. The summed E-state index contributed by atoms with van der Waals surface area (Å²) in [5.74, 6) is 0.0649. The SMILES string of the molecule is Cc1cc(NC(=S)Nc2ccc(F)c(Cl)c2)nn1Cc1c(Cl)cccc1Cl. The number of anilines is 2. The van der Waals surface area contributed by atoms with E-state index in [9.17, 15) is 4.39 Å². The number of aromatic nitrogens is 2. The molecule has 27 heavy (non-hydrogen) atoms. The molecule has 0 amide bonds. The molecule has 0 saturated carbocycles. The fraction of sp³-hybridized carbons (Fsp3) is 0.111. The second-order valence-electron chi connectivity index (χ2n) is 5.74. The van der Waals surface area contributed by atoms with Gasteiger partial charge in [0.05, 0.1) is 11.6 Å². The summed E-state index contributed by atoms with van der Waals surface area (Å²) in [5.41, 5.74) is 2.26. The monoisotopic (exact) mass is 442 g/mol. The minimum absolute atomic E-state index is 0.0135. The lowest BCUT2D eigenvalue weighted by Crippen LogP contribution is -2.19. The lowest BCUT2D eigenvalue weighted by molar-refractivity contribution is 0.628. The Morgan fingerprint density at radius 2 is 1.78 bits per heavy atom. The zero-order chi connectivity index (χ0) is 19.6. The molecule has 0 spiro atoms. The summed E-state index contributed by atoms with van der Waals surface area (Å²) in [6, 6.07) is 11.5. The molecule has 4 nitrogen and oxygen atoms in total. The average Bonchev–Trinajstić information content (AvgIpc) is 2.93. The summed E-state index contributed by atoms with van der Waals surface area (Å²) in [4.78, 5) is 0. The van der Waals surface area contributed by atoms with Crippen LogP contribution in [-0.4, -0.2) is 14.9 Å². The molecule has 3 rings (SSSR count). The highest BCUT2D eigenvalue weighted by molar-refractivity contribution is 7.80. The van der Waals surface area contributed by atoms with Gasteiger partial charge in [-0.1, -0.05) is 40.9 Å². The van der Waals surface area contributed by atoms with E-state index in [2.05, 4.69) is 15.7 Å². The number of hydrogen-bond donors (Lipinski definition) is 2. The zero-order valence-electron chi connectivity index (χ0n) is 14.1. The standard InChI is InChI=1S/C18H14Cl3FN4S/c1-10-7-17(24-18(27)23-11-5-6-16(22)15(21)8-11)25-26(10)9-12-13(19)3-2-4-14(12)20/h2-8H,9H2,1H3,(H2,23,24,25,27). The Balaban J connectivity index is 1.70. The molecule has 0 aliphatic rings. The van der Waals surface area contributed by atoms with Crippen molar-refractivity contribution in [1.82, 2.24) is 9.78 Å². The molecule has 0 fully saturated rings. The van der Waals surface area contributed by atoms with E-state index in [1.807, 2.05) is 13.0 Å². The Labute approximate surface area is 176 Å². The van der Waals surface area contributed by atoms with E-state index in [-0.39, 0.29) is 5.02 Å². The molecular formula is C18H14Cl3FN4S. The molecule has 1 aromatic heterocycles. The van der Waals surface area contributed by atoms with Gasteiger partial charge in [0.25, 0.3) is 0 Å². The Morgan fingerprint density at radius 1 is 1.07 bits per heavy atom. The van der Waals surface area contributed by atoms with Crippen molar-refractivity contribution in [2.75, 3.05) is 10.6 Å². The number of benzene rings is 2. The van der Waals surface area contributed by atoms with E-state index in [4.69, 9.17) is 47.0 Å². The molecule has 2 aromatic carbocycles. The number of thiocarbonyl (C=S) groups is 1. The summed E-state index contributed by atoms with van der Waals surface area (Å²) in [6.07, 6.45) is 0. The van der Waals surface area contributed by atoms with Gasteiger partial charge in [0.2, 0.25) is 0 Å². The summed E-state index contributed by atoms with van der Waals surface area (Å²) in [5, 5.41) is 11.9. The third-order valence-electron chi connectivity index (χ3n) is 3.77. The van der Waals surface area contributed by atoms with Crippen LogP contribution in [0.3, 0.4) is 0 Å². The Hall–Kier alpha value is -1.86. The molecule has 3 aromatic rings. The fourth-order valence-corrected chi connectivity index (χ4v) is 3.34. The van der Waals surface area contributed by atoms with Crippen LogP contribution in [-0.2, 0) is 6.54 Å². The van der Waals surface area contributed by atoms with E-state index in [0.29, 0.717) is 33.2 Å². The zero-order valence-corrected chi connectivity index (χ0v) is 17.1. The molecule has 0 aliphatic heterocycles. The van der Waals surface area contributed by atoms with Crippen molar-refractivity contribution in [1.29, 1.82) is 0 Å². The van der Waals surface area contributed by atoms with Crippen LogP contribution >= 0.6 is 47.0 Å². The largest absolute Gasteiger partial charge is 0.332 e. The normalized spacial score (nSPS) is 10.7. The molecule has 0 radical (unpaired) electrons. The van der Waals surface area contributed by atoms with Crippen LogP contribution in [0.15, 0.2) is 42.5 Å². The van der Waals surface area contributed by atoms with Crippen LogP contribution in [0.1, 0.15) is 11.3 Å². The summed E-state index contributed by atoms with van der Waals surface area (Å²) in [6.45, 7) is 2.35. The summed E-state index contributed by atoms with van der Waals surface area (Å²) >= 11 is 23.5. The summed E-state index contributed by atoms with van der Waals surface area (Å²) in [7, 11) is 0. The molecule has 140 valence electrons. The number of halogens is 4. The quantitative estimate of drug-likeness (QED) is 0.475. The van der Waals surface area contributed by atoms with E-state index in [1.165, 1.54) is 12.1 Å². The minimum atomic E-state index is -0.492. The second-order valence-corrected chi connectivity index (χ2v) is 7.37. The predicted octanol–water partition coefficient (Wildman–Crippen LogP) is 6.15. The number of nitrogens with zero attached hydrogens (tertiary/aromatic N) is 2. The molecule has 0 atom stereocenters. The first-order valence-corrected chi connectivity index (χ1v) is 9.38. The van der Waals surface area contributed by atoms with Gasteiger partial charge in [-0.2, -0.15) is 5.10 Å². The van der Waals surface area contributed by atoms with Crippen LogP contribution in [0, 0.1) is 12.7 Å². The molecule has 2 N–H and O–H groups in total. The molecule has 0 unspecified atom stereocenters. The molecule has 1 heterocycles. The van der Waals surface area contributed by atoms with Gasteiger partial charge < -0.3 is 10.6 Å². The van der Waals surface area contributed by atoms with E-state index < -0.39 is 5.82 Å². The van der Waals surface area contributed by atoms with E-state index in [0.717, 1.165) is 11.3 Å². The van der Waals surface area contributed by atoms with Crippen molar-refractivity contribution in [2.45, 2.75) is 13.5 Å². The maximum Gasteiger partial charge on any atom is 0.176 e. The Kier molecular flexibility index (Phi) is 6.22. The van der Waals surface area contributed by atoms with Gasteiger partial charge in [-0.25, -0.2) is 4.39 Å². The van der Waals surface area contributed by atoms with Crippen molar-refractivity contribution in [3.63, 3.8) is 0 Å². The van der Waals surface area contributed by atoms with E-state index in [1.54, 1.807) is 28.9 Å². The average molecular weight is 444 g/mol. The number of rotatable bonds is 4. The van der Waals surface area contributed by atoms with E-state index >= 15 is 0 Å². The van der Waals surface area contributed by atoms with Gasteiger partial charge in [-0.05, 0) is 49.5 Å². The van der Waals surface area contributed by atoms with Gasteiger partial charge in [0.15, 0.2) is 10.9 Å².